The quantitative estimate of drug-likeness (QED) is 0.352. The van der Waals surface area contributed by atoms with E-state index in [1.807, 2.05) is 0 Å². The molecule has 0 bridgehead atoms. The second-order valence-corrected chi connectivity index (χ2v) is 9.75. The average molecular weight is 437 g/mol. The predicted octanol–water partition coefficient (Wildman–Crippen LogP) is 5.90. The summed E-state index contributed by atoms with van der Waals surface area (Å²) in [6, 6.07) is 24.6. The minimum absolute atomic E-state index is 0.301. The van der Waals surface area contributed by atoms with Crippen LogP contribution in [0.5, 0.6) is 0 Å². The van der Waals surface area contributed by atoms with Crippen molar-refractivity contribution in [2.75, 3.05) is 0 Å². The highest BCUT2D eigenvalue weighted by Gasteiger charge is 2.41. The molecule has 33 heavy (non-hydrogen) atoms. The van der Waals surface area contributed by atoms with E-state index >= 15 is 0 Å². The highest BCUT2D eigenvalue weighted by Crippen LogP contribution is 2.41. The van der Waals surface area contributed by atoms with Gasteiger partial charge in [-0.15, -0.1) is 0 Å². The third-order valence-corrected chi connectivity index (χ3v) is 7.34. The number of aryl methyl sites for hydroxylation is 6. The third-order valence-electron chi connectivity index (χ3n) is 7.34. The smallest absolute Gasteiger partial charge is 0.196 e. The first-order valence-corrected chi connectivity index (χ1v) is 11.7. The molecular weight excluding hydrogens is 400 g/mol. The molecule has 0 unspecified atom stereocenters. The van der Waals surface area contributed by atoms with Gasteiger partial charge in [-0.2, -0.15) is 9.13 Å². The molecule has 0 radical (unpaired) electrons. The molecule has 4 aromatic rings. The Morgan fingerprint density at radius 1 is 0.606 bits per heavy atom. The van der Waals surface area contributed by atoms with Gasteiger partial charge in [-0.05, 0) is 74.9 Å². The standard InChI is InChI=1S/C31H36N2/c1-21-17-29(28-19-24(4)25(5)20-32(28)7)33(8)30(18-21)31(6,26-15-11-9-13-22(26)2)27-16-12-10-14-23(27)3/h9-20H,1-8H3/q+2. The largest absolute Gasteiger partial charge is 0.277 e. The molecule has 168 valence electrons. The summed E-state index contributed by atoms with van der Waals surface area (Å²) < 4.78 is 4.65. The van der Waals surface area contributed by atoms with Crippen LogP contribution in [0.15, 0.2) is 72.9 Å². The number of nitrogens with zero attached hydrogens (tertiary/aromatic N) is 2. The van der Waals surface area contributed by atoms with Gasteiger partial charge >= 0.3 is 0 Å². The van der Waals surface area contributed by atoms with Crippen molar-refractivity contribution in [3.63, 3.8) is 0 Å². The summed E-state index contributed by atoms with van der Waals surface area (Å²) in [6.07, 6.45) is 2.23. The second kappa shape index (κ2) is 8.59. The number of hydrogen-bond acceptors (Lipinski definition) is 0. The molecule has 0 saturated carbocycles. The molecule has 2 aromatic heterocycles. The average Bonchev–Trinajstić information content (AvgIpc) is 2.78. The van der Waals surface area contributed by atoms with Crippen molar-refractivity contribution < 1.29 is 9.13 Å². The highest BCUT2D eigenvalue weighted by atomic mass is 15.0. The highest BCUT2D eigenvalue weighted by molar-refractivity contribution is 5.55. The number of pyridine rings is 2. The van der Waals surface area contributed by atoms with Crippen molar-refractivity contribution in [3.05, 3.63) is 118 Å². The van der Waals surface area contributed by atoms with Gasteiger partial charge in [0.2, 0.25) is 0 Å². The first-order chi connectivity index (χ1) is 15.6. The SMILES string of the molecule is Cc1cc(-c2cc(C)c(C)c[n+]2C)[n+](C)c(C(C)(c2ccccc2C)c2ccccc2C)c1. The Bertz CT molecular complexity index is 1300. The Morgan fingerprint density at radius 3 is 1.70 bits per heavy atom. The van der Waals surface area contributed by atoms with Gasteiger partial charge in [0.25, 0.3) is 11.4 Å². The molecule has 4 rings (SSSR count). The summed E-state index contributed by atoms with van der Waals surface area (Å²) in [5.74, 6) is 0. The van der Waals surface area contributed by atoms with Crippen molar-refractivity contribution in [1.82, 2.24) is 0 Å². The second-order valence-electron chi connectivity index (χ2n) is 9.75. The lowest BCUT2D eigenvalue weighted by atomic mass is 9.70. The maximum Gasteiger partial charge on any atom is 0.277 e. The summed E-state index contributed by atoms with van der Waals surface area (Å²) in [6.45, 7) is 13.4. The van der Waals surface area contributed by atoms with Crippen LogP contribution in [-0.2, 0) is 19.5 Å². The zero-order valence-electron chi connectivity index (χ0n) is 21.3. The first kappa shape index (κ1) is 22.9. The monoisotopic (exact) mass is 436 g/mol. The van der Waals surface area contributed by atoms with E-state index in [9.17, 15) is 0 Å². The van der Waals surface area contributed by atoms with Crippen LogP contribution in [0.3, 0.4) is 0 Å². The van der Waals surface area contributed by atoms with Gasteiger partial charge in [0, 0.05) is 23.8 Å². The number of benzene rings is 2. The molecule has 0 N–H and O–H groups in total. The fourth-order valence-corrected chi connectivity index (χ4v) is 5.35. The topological polar surface area (TPSA) is 7.76 Å². The summed E-state index contributed by atoms with van der Waals surface area (Å²) in [7, 11) is 4.36. The summed E-state index contributed by atoms with van der Waals surface area (Å²) in [5.41, 5.74) is 12.6. The van der Waals surface area contributed by atoms with E-state index < -0.39 is 0 Å². The van der Waals surface area contributed by atoms with Crippen LogP contribution in [-0.4, -0.2) is 0 Å². The summed E-state index contributed by atoms with van der Waals surface area (Å²) in [5, 5.41) is 0. The van der Waals surface area contributed by atoms with E-state index in [-0.39, 0.29) is 5.41 Å². The maximum absolute atomic E-state index is 2.40. The van der Waals surface area contributed by atoms with Crippen LogP contribution < -0.4 is 9.13 Å². The molecule has 0 fully saturated rings. The lowest BCUT2D eigenvalue weighted by molar-refractivity contribution is -0.695. The van der Waals surface area contributed by atoms with E-state index in [1.54, 1.807) is 0 Å². The molecule has 0 amide bonds. The van der Waals surface area contributed by atoms with Gasteiger partial charge in [0.15, 0.2) is 11.9 Å². The zero-order chi connectivity index (χ0) is 23.9. The minimum Gasteiger partial charge on any atom is -0.196 e. The number of hydrogen-bond donors (Lipinski definition) is 0. The molecule has 0 aliphatic heterocycles. The number of rotatable bonds is 4. The predicted molar refractivity (Wildman–Crippen MR) is 136 cm³/mol. The van der Waals surface area contributed by atoms with Crippen LogP contribution in [0, 0.1) is 34.6 Å². The van der Waals surface area contributed by atoms with Gasteiger partial charge in [0.05, 0.1) is 0 Å². The molecular formula is C31H36N2+2. The Balaban J connectivity index is 2.10. The Morgan fingerprint density at radius 2 is 1.15 bits per heavy atom. The molecule has 2 heterocycles. The molecule has 2 heteroatoms. The van der Waals surface area contributed by atoms with Crippen molar-refractivity contribution in [1.29, 1.82) is 0 Å². The van der Waals surface area contributed by atoms with Crippen LogP contribution in [0.2, 0.25) is 0 Å². The normalized spacial score (nSPS) is 11.6. The van der Waals surface area contributed by atoms with Gasteiger partial charge in [0.1, 0.15) is 19.5 Å². The van der Waals surface area contributed by atoms with Crippen LogP contribution in [0.1, 0.15) is 51.6 Å². The van der Waals surface area contributed by atoms with E-state index in [4.69, 9.17) is 0 Å². The summed E-state index contributed by atoms with van der Waals surface area (Å²) >= 11 is 0. The van der Waals surface area contributed by atoms with Gasteiger partial charge in [-0.3, -0.25) is 0 Å². The van der Waals surface area contributed by atoms with Crippen LogP contribution >= 0.6 is 0 Å². The van der Waals surface area contributed by atoms with Crippen molar-refractivity contribution >= 4 is 0 Å². The van der Waals surface area contributed by atoms with Crippen LogP contribution in [0.25, 0.3) is 11.4 Å². The van der Waals surface area contributed by atoms with Crippen molar-refractivity contribution in [3.8, 4) is 11.4 Å². The minimum atomic E-state index is -0.301. The molecule has 0 saturated heterocycles. The lowest BCUT2D eigenvalue weighted by Crippen LogP contribution is -2.47. The molecule has 0 aliphatic carbocycles. The maximum atomic E-state index is 2.40. The Labute approximate surface area is 199 Å². The Hall–Kier alpha value is -3.26. The fourth-order valence-electron chi connectivity index (χ4n) is 5.35. The fraction of sp³-hybridized carbons (Fsp3) is 0.290. The van der Waals surface area contributed by atoms with Gasteiger partial charge in [-0.1, -0.05) is 48.5 Å². The van der Waals surface area contributed by atoms with E-state index in [1.165, 1.54) is 56.0 Å². The van der Waals surface area contributed by atoms with Gasteiger partial charge in [-0.25, -0.2) is 0 Å². The van der Waals surface area contributed by atoms with E-state index in [0.29, 0.717) is 0 Å². The Kier molecular flexibility index (Phi) is 5.97. The van der Waals surface area contributed by atoms with Gasteiger partial charge < -0.3 is 0 Å². The summed E-state index contributed by atoms with van der Waals surface area (Å²) in [4.78, 5) is 0. The molecule has 0 atom stereocenters. The third kappa shape index (κ3) is 3.88. The molecule has 0 aliphatic rings. The van der Waals surface area contributed by atoms with Crippen molar-refractivity contribution in [2.24, 2.45) is 14.1 Å². The lowest BCUT2D eigenvalue weighted by Gasteiger charge is -2.32. The van der Waals surface area contributed by atoms with E-state index in [0.717, 1.165) is 0 Å². The number of aromatic nitrogens is 2. The molecule has 0 spiro atoms. The molecule has 2 aromatic carbocycles. The zero-order valence-corrected chi connectivity index (χ0v) is 21.3. The van der Waals surface area contributed by atoms with Crippen LogP contribution in [0.4, 0.5) is 0 Å². The van der Waals surface area contributed by atoms with E-state index in [2.05, 4.69) is 138 Å². The molecule has 2 nitrogen and oxygen atoms in total. The van der Waals surface area contributed by atoms with Crippen molar-refractivity contribution in [2.45, 2.75) is 47.0 Å². The first-order valence-electron chi connectivity index (χ1n) is 11.7.